The van der Waals surface area contributed by atoms with Crippen molar-refractivity contribution in [1.82, 2.24) is 9.97 Å². The third-order valence-electron chi connectivity index (χ3n) is 4.50. The van der Waals surface area contributed by atoms with Crippen molar-refractivity contribution in [3.05, 3.63) is 70.5 Å². The average molecular weight is 469 g/mol. The molecule has 0 unspecified atom stereocenters. The molecule has 3 aromatic heterocycles. The summed E-state index contributed by atoms with van der Waals surface area (Å²) in [7, 11) is 1.27. The van der Waals surface area contributed by atoms with E-state index in [0.29, 0.717) is 32.6 Å². The summed E-state index contributed by atoms with van der Waals surface area (Å²) in [5.41, 5.74) is 3.47. The summed E-state index contributed by atoms with van der Waals surface area (Å²) in [4.78, 5) is 20.5. The molecule has 0 bridgehead atoms. The van der Waals surface area contributed by atoms with Crippen LogP contribution in [0.25, 0.3) is 32.1 Å². The van der Waals surface area contributed by atoms with Crippen molar-refractivity contribution in [3.63, 3.8) is 0 Å². The van der Waals surface area contributed by atoms with E-state index in [1.807, 2.05) is 18.3 Å². The second-order valence-corrected chi connectivity index (χ2v) is 8.24. The predicted octanol–water partition coefficient (Wildman–Crippen LogP) is 6.83. The Bertz CT molecular complexity index is 1310. The molecule has 0 spiro atoms. The molecule has 1 aromatic carbocycles. The lowest BCUT2D eigenvalue weighted by atomic mass is 9.98. The minimum Gasteiger partial charge on any atom is -0.453 e. The number of benzene rings is 1. The summed E-state index contributed by atoms with van der Waals surface area (Å²) in [6.45, 7) is 0. The number of rotatable bonds is 4. The van der Waals surface area contributed by atoms with Crippen LogP contribution in [-0.2, 0) is 4.74 Å². The molecular formula is C22H14Cl2N4O2S. The minimum absolute atomic E-state index is 0.314. The summed E-state index contributed by atoms with van der Waals surface area (Å²) in [5, 5.41) is 13.6. The number of amides is 1. The van der Waals surface area contributed by atoms with Crippen LogP contribution < -0.4 is 5.32 Å². The highest BCUT2D eigenvalue weighted by molar-refractivity contribution is 7.19. The van der Waals surface area contributed by atoms with Crippen LogP contribution in [0.15, 0.2) is 54.9 Å². The molecule has 4 aromatic rings. The van der Waals surface area contributed by atoms with Crippen LogP contribution in [0.1, 0.15) is 5.56 Å². The number of nitrogens with one attached hydrogen (secondary N) is 2. The van der Waals surface area contributed by atoms with Gasteiger partial charge in [0.15, 0.2) is 0 Å². The number of hydrogen-bond acceptors (Lipinski definition) is 5. The number of aromatic nitrogens is 2. The van der Waals surface area contributed by atoms with Crippen molar-refractivity contribution in [2.24, 2.45) is 0 Å². The first-order chi connectivity index (χ1) is 15.0. The first kappa shape index (κ1) is 20.9. The van der Waals surface area contributed by atoms with E-state index >= 15 is 0 Å². The number of methoxy groups -OCH3 is 1. The van der Waals surface area contributed by atoms with Crippen molar-refractivity contribution < 1.29 is 9.53 Å². The zero-order chi connectivity index (χ0) is 22.0. The maximum absolute atomic E-state index is 11.6. The Hall–Kier alpha value is -3.31. The maximum atomic E-state index is 11.6. The van der Waals surface area contributed by atoms with E-state index in [0.717, 1.165) is 21.0 Å². The molecule has 3 heterocycles. The number of carbonyl (C=O) groups is 1. The van der Waals surface area contributed by atoms with Crippen LogP contribution in [0.4, 0.5) is 10.6 Å². The van der Waals surface area contributed by atoms with Gasteiger partial charge in [-0.15, -0.1) is 11.3 Å². The van der Waals surface area contributed by atoms with E-state index in [4.69, 9.17) is 23.2 Å². The van der Waals surface area contributed by atoms with Gasteiger partial charge in [-0.2, -0.15) is 5.26 Å². The second kappa shape index (κ2) is 8.82. The molecule has 0 fully saturated rings. The third-order valence-corrected chi connectivity index (χ3v) is 6.32. The lowest BCUT2D eigenvalue weighted by molar-refractivity contribution is 0.187. The molecule has 9 heteroatoms. The molecule has 1 amide bonds. The van der Waals surface area contributed by atoms with Gasteiger partial charge in [0.1, 0.15) is 11.9 Å². The highest BCUT2D eigenvalue weighted by Gasteiger charge is 2.24. The second-order valence-electron chi connectivity index (χ2n) is 6.38. The number of H-pyrrole nitrogens is 1. The fourth-order valence-electron chi connectivity index (χ4n) is 3.15. The van der Waals surface area contributed by atoms with Crippen LogP contribution in [0.3, 0.4) is 0 Å². The number of ether oxygens (including phenoxy) is 1. The fourth-order valence-corrected chi connectivity index (χ4v) is 4.90. The highest BCUT2D eigenvalue weighted by Crippen LogP contribution is 2.48. The Labute approximate surface area is 192 Å². The number of nitrogens with zero attached hydrogens (tertiary/aromatic N) is 2. The van der Waals surface area contributed by atoms with Crippen molar-refractivity contribution in [2.45, 2.75) is 0 Å². The number of halogens is 2. The zero-order valence-corrected chi connectivity index (χ0v) is 18.4. The van der Waals surface area contributed by atoms with Gasteiger partial charge in [0.05, 0.1) is 28.1 Å². The first-order valence-electron chi connectivity index (χ1n) is 8.99. The van der Waals surface area contributed by atoms with Gasteiger partial charge in [0.25, 0.3) is 0 Å². The first-order valence-corrected chi connectivity index (χ1v) is 10.6. The molecule has 2 N–H and O–H groups in total. The predicted molar refractivity (Wildman–Crippen MR) is 124 cm³/mol. The zero-order valence-electron chi connectivity index (χ0n) is 16.1. The van der Waals surface area contributed by atoms with E-state index in [1.54, 1.807) is 36.5 Å². The quantitative estimate of drug-likeness (QED) is 0.343. The lowest BCUT2D eigenvalue weighted by Gasteiger charge is -2.07. The Morgan fingerprint density at radius 1 is 1.23 bits per heavy atom. The lowest BCUT2D eigenvalue weighted by Crippen LogP contribution is -2.11. The number of aromatic amines is 1. The van der Waals surface area contributed by atoms with E-state index in [-0.39, 0.29) is 0 Å². The fraction of sp³-hybridized carbons (Fsp3) is 0.0455. The molecule has 0 aliphatic carbocycles. The number of pyridine rings is 1. The van der Waals surface area contributed by atoms with Crippen LogP contribution in [0.5, 0.6) is 0 Å². The number of anilines is 1. The molecule has 0 aliphatic heterocycles. The van der Waals surface area contributed by atoms with Crippen molar-refractivity contribution in [3.8, 4) is 38.2 Å². The number of thiophene rings is 1. The summed E-state index contributed by atoms with van der Waals surface area (Å²) in [6.07, 6.45) is 2.75. The molecular weight excluding hydrogens is 455 g/mol. The van der Waals surface area contributed by atoms with Gasteiger partial charge in [0, 0.05) is 33.6 Å². The normalized spacial score (nSPS) is 10.5. The van der Waals surface area contributed by atoms with E-state index in [9.17, 15) is 10.1 Å². The Kier molecular flexibility index (Phi) is 5.96. The van der Waals surface area contributed by atoms with Crippen LogP contribution in [0, 0.1) is 11.3 Å². The Morgan fingerprint density at radius 2 is 2.06 bits per heavy atom. The molecule has 0 atom stereocenters. The van der Waals surface area contributed by atoms with E-state index < -0.39 is 6.09 Å². The topological polar surface area (TPSA) is 90.8 Å². The van der Waals surface area contributed by atoms with Crippen LogP contribution in [-0.4, -0.2) is 23.2 Å². The average Bonchev–Trinajstić information content (AvgIpc) is 3.41. The van der Waals surface area contributed by atoms with Crippen molar-refractivity contribution in [1.29, 1.82) is 5.26 Å². The molecule has 4 rings (SSSR count). The maximum Gasteiger partial charge on any atom is 0.412 e. The van der Waals surface area contributed by atoms with Gasteiger partial charge in [-0.25, -0.2) is 9.78 Å². The SMILES string of the molecule is COC(=O)Nc1cc(-c2sc(-c3ccc[nH]3)c(-c3ccc(Cl)cc3Cl)c2C#N)ccn1. The van der Waals surface area contributed by atoms with E-state index in [1.165, 1.54) is 18.4 Å². The molecule has 0 aliphatic rings. The van der Waals surface area contributed by atoms with Gasteiger partial charge in [-0.05, 0) is 42.0 Å². The van der Waals surface area contributed by atoms with Gasteiger partial charge >= 0.3 is 6.09 Å². The number of nitriles is 1. The van der Waals surface area contributed by atoms with Gasteiger partial charge in [0.2, 0.25) is 0 Å². The summed E-state index contributed by atoms with van der Waals surface area (Å²) >= 11 is 14.0. The molecule has 154 valence electrons. The van der Waals surface area contributed by atoms with Gasteiger partial charge in [-0.1, -0.05) is 29.3 Å². The van der Waals surface area contributed by atoms with Gasteiger partial charge < -0.3 is 9.72 Å². The third kappa shape index (κ3) is 4.14. The largest absolute Gasteiger partial charge is 0.453 e. The Balaban J connectivity index is 1.94. The van der Waals surface area contributed by atoms with Gasteiger partial charge in [-0.3, -0.25) is 5.32 Å². The van der Waals surface area contributed by atoms with E-state index in [2.05, 4.69) is 26.1 Å². The molecule has 0 saturated carbocycles. The number of carbonyl (C=O) groups excluding carboxylic acids is 1. The molecule has 0 radical (unpaired) electrons. The molecule has 6 nitrogen and oxygen atoms in total. The summed E-state index contributed by atoms with van der Waals surface area (Å²) in [6, 6.07) is 14.8. The molecule has 31 heavy (non-hydrogen) atoms. The van der Waals surface area contributed by atoms with Crippen LogP contribution in [0.2, 0.25) is 10.0 Å². The monoisotopic (exact) mass is 468 g/mol. The summed E-state index contributed by atoms with van der Waals surface area (Å²) < 4.78 is 4.63. The minimum atomic E-state index is -0.628. The summed E-state index contributed by atoms with van der Waals surface area (Å²) in [5.74, 6) is 0.314. The van der Waals surface area contributed by atoms with Crippen LogP contribution >= 0.6 is 34.5 Å². The smallest absolute Gasteiger partial charge is 0.412 e. The van der Waals surface area contributed by atoms with Crippen molar-refractivity contribution in [2.75, 3.05) is 12.4 Å². The standard InChI is InChI=1S/C22H14Cl2N4O2S/c1-30-22(29)28-18-9-12(6-8-27-18)20-15(11-25)19(14-5-4-13(23)10-16(14)24)21(31-20)17-3-2-7-26-17/h2-10,26H,1H3,(H,27,28,29). The highest BCUT2D eigenvalue weighted by atomic mass is 35.5. The Morgan fingerprint density at radius 3 is 2.74 bits per heavy atom. The molecule has 0 saturated heterocycles. The number of hydrogen-bond donors (Lipinski definition) is 2. The van der Waals surface area contributed by atoms with Crippen molar-refractivity contribution >= 4 is 46.4 Å².